The van der Waals surface area contributed by atoms with Crippen LogP contribution in [-0.4, -0.2) is 20.9 Å². The zero-order chi connectivity index (χ0) is 23.5. The number of benzene rings is 3. The number of para-hydroxylation sites is 1. The highest BCUT2D eigenvalue weighted by atomic mass is 35.5. The number of sulfonamides is 1. The molecule has 0 saturated carbocycles. The van der Waals surface area contributed by atoms with Crippen LogP contribution in [0.15, 0.2) is 77.7 Å². The summed E-state index contributed by atoms with van der Waals surface area (Å²) < 4.78 is 67.1. The molecule has 10 heteroatoms. The van der Waals surface area contributed by atoms with Crippen LogP contribution < -0.4 is 9.62 Å². The van der Waals surface area contributed by atoms with E-state index in [9.17, 15) is 26.4 Å². The Morgan fingerprint density at radius 1 is 1.00 bits per heavy atom. The first-order valence-corrected chi connectivity index (χ1v) is 11.1. The predicted molar refractivity (Wildman–Crippen MR) is 117 cm³/mol. The fourth-order valence-corrected chi connectivity index (χ4v) is 4.54. The fourth-order valence-electron chi connectivity index (χ4n) is 2.93. The SMILES string of the molecule is Cc1ccc(N(CC(=O)Nc2ccccc2C(F)(F)F)S(=O)(=O)c2ccccc2)cc1Cl. The number of halogens is 4. The van der Waals surface area contributed by atoms with E-state index in [1.54, 1.807) is 19.1 Å². The third-order valence-electron chi connectivity index (χ3n) is 4.57. The maximum atomic E-state index is 13.3. The molecule has 5 nitrogen and oxygen atoms in total. The molecule has 32 heavy (non-hydrogen) atoms. The monoisotopic (exact) mass is 482 g/mol. The van der Waals surface area contributed by atoms with Crippen LogP contribution in [0.3, 0.4) is 0 Å². The summed E-state index contributed by atoms with van der Waals surface area (Å²) in [4.78, 5) is 12.6. The van der Waals surface area contributed by atoms with Crippen LogP contribution in [0.25, 0.3) is 0 Å². The van der Waals surface area contributed by atoms with Crippen LogP contribution in [0.5, 0.6) is 0 Å². The average Bonchev–Trinajstić information content (AvgIpc) is 2.74. The van der Waals surface area contributed by atoms with Crippen LogP contribution >= 0.6 is 11.6 Å². The molecule has 0 aliphatic carbocycles. The van der Waals surface area contributed by atoms with Gasteiger partial charge < -0.3 is 5.32 Å². The smallest absolute Gasteiger partial charge is 0.324 e. The molecule has 0 saturated heterocycles. The molecule has 168 valence electrons. The molecular weight excluding hydrogens is 465 g/mol. The lowest BCUT2D eigenvalue weighted by Crippen LogP contribution is -2.38. The molecule has 0 aliphatic heterocycles. The molecule has 3 aromatic rings. The van der Waals surface area contributed by atoms with E-state index in [1.807, 2.05) is 0 Å². The van der Waals surface area contributed by atoms with E-state index < -0.39 is 39.9 Å². The number of anilines is 2. The Morgan fingerprint density at radius 2 is 1.62 bits per heavy atom. The number of carbonyl (C=O) groups is 1. The highest BCUT2D eigenvalue weighted by Gasteiger charge is 2.34. The van der Waals surface area contributed by atoms with Gasteiger partial charge in [0.25, 0.3) is 10.0 Å². The summed E-state index contributed by atoms with van der Waals surface area (Å²) in [5, 5.41) is 2.45. The van der Waals surface area contributed by atoms with Gasteiger partial charge in [-0.1, -0.05) is 48.0 Å². The molecule has 1 N–H and O–H groups in total. The van der Waals surface area contributed by atoms with Crippen molar-refractivity contribution in [2.45, 2.75) is 18.0 Å². The second-order valence-corrected chi connectivity index (χ2v) is 9.12. The lowest BCUT2D eigenvalue weighted by atomic mass is 10.1. The van der Waals surface area contributed by atoms with Gasteiger partial charge in [-0.15, -0.1) is 0 Å². The van der Waals surface area contributed by atoms with Crippen molar-refractivity contribution < 1.29 is 26.4 Å². The van der Waals surface area contributed by atoms with Gasteiger partial charge in [0.1, 0.15) is 6.54 Å². The molecule has 0 aliphatic rings. The van der Waals surface area contributed by atoms with Gasteiger partial charge in [-0.2, -0.15) is 13.2 Å². The summed E-state index contributed by atoms with van der Waals surface area (Å²) in [5.74, 6) is -0.946. The molecule has 0 bridgehead atoms. The Hall–Kier alpha value is -3.04. The van der Waals surface area contributed by atoms with Crippen LogP contribution in [0.4, 0.5) is 24.5 Å². The second-order valence-electron chi connectivity index (χ2n) is 6.85. The molecule has 3 aromatic carbocycles. The number of alkyl halides is 3. The first-order valence-electron chi connectivity index (χ1n) is 9.30. The van der Waals surface area contributed by atoms with Gasteiger partial charge in [0.15, 0.2) is 0 Å². The van der Waals surface area contributed by atoms with Crippen molar-refractivity contribution in [2.24, 2.45) is 0 Å². The highest BCUT2D eigenvalue weighted by Crippen LogP contribution is 2.35. The number of carbonyl (C=O) groups excluding carboxylic acids is 1. The number of hydrogen-bond donors (Lipinski definition) is 1. The van der Waals surface area contributed by atoms with Crippen molar-refractivity contribution in [3.8, 4) is 0 Å². The van der Waals surface area contributed by atoms with E-state index in [1.165, 1.54) is 48.5 Å². The zero-order valence-electron chi connectivity index (χ0n) is 16.7. The molecule has 1 amide bonds. The minimum atomic E-state index is -4.69. The predicted octanol–water partition coefficient (Wildman–Crippen LogP) is 5.50. The number of aryl methyl sites for hydroxylation is 1. The van der Waals surface area contributed by atoms with Gasteiger partial charge >= 0.3 is 6.18 Å². The van der Waals surface area contributed by atoms with Crippen molar-refractivity contribution in [3.63, 3.8) is 0 Å². The average molecular weight is 483 g/mol. The molecule has 0 unspecified atom stereocenters. The van der Waals surface area contributed by atoms with E-state index in [2.05, 4.69) is 5.32 Å². The van der Waals surface area contributed by atoms with Gasteiger partial charge in [-0.05, 0) is 48.9 Å². The highest BCUT2D eigenvalue weighted by molar-refractivity contribution is 7.92. The van der Waals surface area contributed by atoms with Crippen LogP contribution in [0.2, 0.25) is 5.02 Å². The van der Waals surface area contributed by atoms with Crippen molar-refractivity contribution >= 4 is 38.9 Å². The number of nitrogens with zero attached hydrogens (tertiary/aromatic N) is 1. The standard InChI is InChI=1S/C22H18ClF3N2O3S/c1-15-11-12-16(13-19(15)23)28(32(30,31)17-7-3-2-4-8-17)14-21(29)27-20-10-6-5-9-18(20)22(24,25)26/h2-13H,14H2,1H3,(H,27,29). The van der Waals surface area contributed by atoms with Crippen molar-refractivity contribution in [2.75, 3.05) is 16.2 Å². The molecule has 0 radical (unpaired) electrons. The molecular formula is C22H18ClF3N2O3S. The van der Waals surface area contributed by atoms with E-state index in [0.29, 0.717) is 5.56 Å². The molecule has 3 rings (SSSR count). The summed E-state index contributed by atoms with van der Waals surface area (Å²) in [7, 11) is -4.22. The Kier molecular flexibility index (Phi) is 6.80. The second kappa shape index (κ2) is 9.22. The molecule has 0 atom stereocenters. The maximum Gasteiger partial charge on any atom is 0.418 e. The summed E-state index contributed by atoms with van der Waals surface area (Å²) in [5.41, 5.74) is -0.715. The fraction of sp³-hybridized carbons (Fsp3) is 0.136. The van der Waals surface area contributed by atoms with Crippen molar-refractivity contribution in [3.05, 3.63) is 88.9 Å². The lowest BCUT2D eigenvalue weighted by molar-refractivity contribution is -0.137. The van der Waals surface area contributed by atoms with E-state index in [-0.39, 0.29) is 15.6 Å². The van der Waals surface area contributed by atoms with Crippen LogP contribution in [0.1, 0.15) is 11.1 Å². The Morgan fingerprint density at radius 3 is 2.25 bits per heavy atom. The third-order valence-corrected chi connectivity index (χ3v) is 6.76. The normalized spacial score (nSPS) is 11.8. The topological polar surface area (TPSA) is 66.5 Å². The van der Waals surface area contributed by atoms with Gasteiger partial charge in [0, 0.05) is 5.02 Å². The van der Waals surface area contributed by atoms with Crippen LogP contribution in [0, 0.1) is 6.92 Å². The van der Waals surface area contributed by atoms with Gasteiger partial charge in [0.2, 0.25) is 5.91 Å². The minimum Gasteiger partial charge on any atom is -0.324 e. The maximum absolute atomic E-state index is 13.3. The first kappa shape index (κ1) is 23.6. The van der Waals surface area contributed by atoms with E-state index in [4.69, 9.17) is 11.6 Å². The molecule has 0 heterocycles. The summed E-state index contributed by atoms with van der Waals surface area (Å²) in [6.07, 6.45) is -4.69. The first-order chi connectivity index (χ1) is 15.0. The Bertz CT molecular complexity index is 1230. The largest absolute Gasteiger partial charge is 0.418 e. The Labute approximate surface area is 188 Å². The van der Waals surface area contributed by atoms with Crippen LogP contribution in [-0.2, 0) is 21.0 Å². The number of nitrogens with one attached hydrogen (secondary N) is 1. The number of amides is 1. The van der Waals surface area contributed by atoms with Gasteiger partial charge in [0.05, 0.1) is 21.8 Å². The molecule has 0 fully saturated rings. The summed E-state index contributed by atoms with van der Waals surface area (Å²) in [6, 6.07) is 16.3. The number of rotatable bonds is 6. The van der Waals surface area contributed by atoms with Gasteiger partial charge in [-0.3, -0.25) is 9.10 Å². The van der Waals surface area contributed by atoms with Crippen molar-refractivity contribution in [1.29, 1.82) is 0 Å². The van der Waals surface area contributed by atoms with E-state index >= 15 is 0 Å². The number of hydrogen-bond acceptors (Lipinski definition) is 3. The third kappa shape index (κ3) is 5.23. The van der Waals surface area contributed by atoms with Crippen molar-refractivity contribution in [1.82, 2.24) is 0 Å². The summed E-state index contributed by atoms with van der Waals surface area (Å²) >= 11 is 6.14. The zero-order valence-corrected chi connectivity index (χ0v) is 18.3. The van der Waals surface area contributed by atoms with Gasteiger partial charge in [-0.25, -0.2) is 8.42 Å². The summed E-state index contributed by atoms with van der Waals surface area (Å²) in [6.45, 7) is 0.964. The molecule has 0 spiro atoms. The Balaban J connectivity index is 1.98. The minimum absolute atomic E-state index is 0.0832. The quantitative estimate of drug-likeness (QED) is 0.504. The molecule has 0 aromatic heterocycles. The lowest BCUT2D eigenvalue weighted by Gasteiger charge is -2.25. The van der Waals surface area contributed by atoms with E-state index in [0.717, 1.165) is 16.4 Å².